The van der Waals surface area contributed by atoms with E-state index < -0.39 is 9.84 Å². The molecule has 2 aliphatic rings. The highest BCUT2D eigenvalue weighted by atomic mass is 32.2. The lowest BCUT2D eigenvalue weighted by molar-refractivity contribution is -0.138. The molecule has 20 heavy (non-hydrogen) atoms. The molecule has 0 bridgehead atoms. The maximum atomic E-state index is 12.6. The van der Waals surface area contributed by atoms with E-state index in [1.54, 1.807) is 7.05 Å². The summed E-state index contributed by atoms with van der Waals surface area (Å²) in [6, 6.07) is -0.376. The fourth-order valence-electron chi connectivity index (χ4n) is 2.90. The summed E-state index contributed by atoms with van der Waals surface area (Å²) in [7, 11) is -1.28. The number of hydrogen-bond donors (Lipinski definition) is 2. The van der Waals surface area contributed by atoms with Crippen LogP contribution in [0, 0.1) is 5.92 Å². The van der Waals surface area contributed by atoms with E-state index in [4.69, 9.17) is 9.84 Å². The van der Waals surface area contributed by atoms with Crippen LogP contribution in [0.4, 0.5) is 0 Å². The molecule has 2 saturated heterocycles. The van der Waals surface area contributed by atoms with Crippen molar-refractivity contribution in [1.29, 1.82) is 0 Å². The summed E-state index contributed by atoms with van der Waals surface area (Å²) in [5.74, 6) is -0.326. The Morgan fingerprint density at radius 1 is 1.45 bits per heavy atom. The second-order valence-corrected chi connectivity index (χ2v) is 7.58. The highest BCUT2D eigenvalue weighted by Crippen LogP contribution is 2.23. The number of hydrogen-bond acceptors (Lipinski definition) is 6. The summed E-state index contributed by atoms with van der Waals surface area (Å²) in [6.45, 7) is 0.820. The van der Waals surface area contributed by atoms with Crippen LogP contribution >= 0.6 is 0 Å². The van der Waals surface area contributed by atoms with Crippen molar-refractivity contribution in [3.63, 3.8) is 0 Å². The molecule has 3 unspecified atom stereocenters. The van der Waals surface area contributed by atoms with Crippen LogP contribution in [0.25, 0.3) is 0 Å². The van der Waals surface area contributed by atoms with Gasteiger partial charge in [0, 0.05) is 18.6 Å². The molecule has 2 aliphatic heterocycles. The number of amides is 1. The third-order valence-corrected chi connectivity index (χ3v) is 5.79. The van der Waals surface area contributed by atoms with E-state index in [9.17, 15) is 13.2 Å². The summed E-state index contributed by atoms with van der Waals surface area (Å²) >= 11 is 0. The van der Waals surface area contributed by atoms with Gasteiger partial charge in [0.1, 0.15) is 0 Å². The van der Waals surface area contributed by atoms with Gasteiger partial charge < -0.3 is 20.1 Å². The van der Waals surface area contributed by atoms with Gasteiger partial charge in [-0.2, -0.15) is 0 Å². The number of aliphatic hydroxyl groups is 1. The molecule has 2 rings (SSSR count). The lowest BCUT2D eigenvalue weighted by atomic mass is 10.0. The minimum absolute atomic E-state index is 0.00344. The van der Waals surface area contributed by atoms with Crippen molar-refractivity contribution in [3.8, 4) is 0 Å². The van der Waals surface area contributed by atoms with Gasteiger partial charge in [-0.1, -0.05) is 0 Å². The van der Waals surface area contributed by atoms with E-state index in [0.717, 1.165) is 0 Å². The highest BCUT2D eigenvalue weighted by Gasteiger charge is 2.40. The number of carbonyl (C=O) groups is 1. The van der Waals surface area contributed by atoms with Crippen LogP contribution < -0.4 is 5.32 Å². The van der Waals surface area contributed by atoms with Crippen LogP contribution in [-0.2, 0) is 19.4 Å². The van der Waals surface area contributed by atoms with Crippen LogP contribution in [0.3, 0.4) is 0 Å². The minimum Gasteiger partial charge on any atom is -0.395 e. The fraction of sp³-hybridized carbons (Fsp3) is 0.917. The Labute approximate surface area is 119 Å². The number of likely N-dealkylation sites (N-methyl/N-ethyl adjacent to an activating group) is 1. The number of sulfone groups is 1. The van der Waals surface area contributed by atoms with Crippen LogP contribution in [0.2, 0.25) is 0 Å². The molecule has 8 heteroatoms. The summed E-state index contributed by atoms with van der Waals surface area (Å²) in [4.78, 5) is 14.1. The number of nitrogens with zero attached hydrogens (tertiary/aromatic N) is 1. The first-order valence-electron chi connectivity index (χ1n) is 6.85. The minimum atomic E-state index is -3.06. The van der Waals surface area contributed by atoms with E-state index in [2.05, 4.69) is 5.32 Å². The molecule has 7 nitrogen and oxygen atoms in total. The van der Waals surface area contributed by atoms with Crippen molar-refractivity contribution in [2.24, 2.45) is 5.92 Å². The molecule has 2 N–H and O–H groups in total. The van der Waals surface area contributed by atoms with Crippen molar-refractivity contribution in [3.05, 3.63) is 0 Å². The fourth-order valence-corrected chi connectivity index (χ4v) is 4.63. The number of carbonyl (C=O) groups excluding carboxylic acids is 1. The molecule has 2 heterocycles. The molecule has 0 radical (unpaired) electrons. The van der Waals surface area contributed by atoms with Gasteiger partial charge in [0.25, 0.3) is 0 Å². The van der Waals surface area contributed by atoms with E-state index >= 15 is 0 Å². The summed E-state index contributed by atoms with van der Waals surface area (Å²) in [5.41, 5.74) is 0. The zero-order chi connectivity index (χ0) is 14.8. The Balaban J connectivity index is 2.10. The summed E-state index contributed by atoms with van der Waals surface area (Å²) < 4.78 is 28.5. The van der Waals surface area contributed by atoms with Gasteiger partial charge in [0.05, 0.1) is 37.2 Å². The smallest absolute Gasteiger partial charge is 0.230 e. The second kappa shape index (κ2) is 6.38. The molecule has 0 spiro atoms. The molecule has 0 aromatic carbocycles. The predicted molar refractivity (Wildman–Crippen MR) is 73.0 cm³/mol. The monoisotopic (exact) mass is 306 g/mol. The SMILES string of the molecule is CNC1COCC1C(=O)N(CCO)C1CCS(=O)(=O)C1. The molecule has 116 valence electrons. The van der Waals surface area contributed by atoms with Gasteiger partial charge in [0.15, 0.2) is 9.84 Å². The topological polar surface area (TPSA) is 95.9 Å². The first-order valence-corrected chi connectivity index (χ1v) is 8.67. The lowest BCUT2D eigenvalue weighted by Gasteiger charge is -2.31. The Kier molecular flexibility index (Phi) is 5.00. The average molecular weight is 306 g/mol. The van der Waals surface area contributed by atoms with E-state index in [0.29, 0.717) is 19.6 Å². The first-order chi connectivity index (χ1) is 9.48. The van der Waals surface area contributed by atoms with Crippen molar-refractivity contribution in [2.75, 3.05) is 44.9 Å². The summed E-state index contributed by atoms with van der Waals surface area (Å²) in [6.07, 6.45) is 0.450. The van der Waals surface area contributed by atoms with Crippen LogP contribution in [0.1, 0.15) is 6.42 Å². The predicted octanol–water partition coefficient (Wildman–Crippen LogP) is -1.77. The normalized spacial score (nSPS) is 32.4. The highest BCUT2D eigenvalue weighted by molar-refractivity contribution is 7.91. The number of nitrogens with one attached hydrogen (secondary N) is 1. The zero-order valence-corrected chi connectivity index (χ0v) is 12.4. The molecule has 0 aromatic heterocycles. The van der Waals surface area contributed by atoms with Crippen LogP contribution in [0.5, 0.6) is 0 Å². The van der Waals surface area contributed by atoms with E-state index in [-0.39, 0.29) is 48.6 Å². The number of aliphatic hydroxyl groups excluding tert-OH is 1. The van der Waals surface area contributed by atoms with Gasteiger partial charge in [-0.25, -0.2) is 8.42 Å². The molecule has 2 fully saturated rings. The molecule has 3 atom stereocenters. The standard InChI is InChI=1S/C12H22N2O5S/c1-13-11-7-19-6-10(11)12(16)14(3-4-15)9-2-5-20(17,18)8-9/h9-11,13,15H,2-8H2,1H3. The maximum absolute atomic E-state index is 12.6. The molecule has 0 aliphatic carbocycles. The van der Waals surface area contributed by atoms with Crippen molar-refractivity contribution in [2.45, 2.75) is 18.5 Å². The Hall–Kier alpha value is -0.700. The van der Waals surface area contributed by atoms with Gasteiger partial charge >= 0.3 is 0 Å². The van der Waals surface area contributed by atoms with E-state index in [1.807, 2.05) is 0 Å². The molecule has 0 aromatic rings. The average Bonchev–Trinajstić information content (AvgIpc) is 3.01. The summed E-state index contributed by atoms with van der Waals surface area (Å²) in [5, 5.41) is 12.2. The largest absolute Gasteiger partial charge is 0.395 e. The second-order valence-electron chi connectivity index (χ2n) is 5.35. The third-order valence-electron chi connectivity index (χ3n) is 4.04. The Morgan fingerprint density at radius 3 is 2.75 bits per heavy atom. The zero-order valence-electron chi connectivity index (χ0n) is 11.6. The van der Waals surface area contributed by atoms with Gasteiger partial charge in [-0.05, 0) is 13.5 Å². The van der Waals surface area contributed by atoms with Crippen molar-refractivity contribution in [1.82, 2.24) is 10.2 Å². The van der Waals surface area contributed by atoms with Crippen molar-refractivity contribution < 1.29 is 23.1 Å². The van der Waals surface area contributed by atoms with Crippen LogP contribution in [0.15, 0.2) is 0 Å². The Morgan fingerprint density at radius 2 is 2.20 bits per heavy atom. The van der Waals surface area contributed by atoms with Crippen LogP contribution in [-0.4, -0.2) is 81.3 Å². The van der Waals surface area contributed by atoms with Gasteiger partial charge in [-0.15, -0.1) is 0 Å². The quantitative estimate of drug-likeness (QED) is 0.624. The number of ether oxygens (including phenoxy) is 1. The van der Waals surface area contributed by atoms with Gasteiger partial charge in [0.2, 0.25) is 5.91 Å². The third kappa shape index (κ3) is 3.30. The van der Waals surface area contributed by atoms with E-state index in [1.165, 1.54) is 4.90 Å². The molecule has 1 amide bonds. The Bertz CT molecular complexity index is 453. The maximum Gasteiger partial charge on any atom is 0.230 e. The molecular formula is C12H22N2O5S. The lowest BCUT2D eigenvalue weighted by Crippen LogP contribution is -2.50. The first kappa shape index (κ1) is 15.7. The van der Waals surface area contributed by atoms with Gasteiger partial charge in [-0.3, -0.25) is 4.79 Å². The van der Waals surface area contributed by atoms with Crippen molar-refractivity contribution >= 4 is 15.7 Å². The number of rotatable bonds is 5. The molecule has 0 saturated carbocycles. The molecular weight excluding hydrogens is 284 g/mol.